The normalized spacial score (nSPS) is 11.9. The predicted molar refractivity (Wildman–Crippen MR) is 143 cm³/mol. The number of aromatic nitrogens is 2. The van der Waals surface area contributed by atoms with Crippen LogP contribution < -0.4 is 5.32 Å². The number of esters is 1. The first-order valence-corrected chi connectivity index (χ1v) is 12.5. The number of hydrogen-bond donors (Lipinski definition) is 1. The zero-order valence-electron chi connectivity index (χ0n) is 20.5. The molecule has 2 aromatic heterocycles. The molecule has 0 aliphatic carbocycles. The van der Waals surface area contributed by atoms with Crippen LogP contribution in [0.1, 0.15) is 38.2 Å². The largest absolute Gasteiger partial charge is 0.443 e. The molecule has 0 bridgehead atoms. The maximum absolute atomic E-state index is 13.4. The Morgan fingerprint density at radius 2 is 1.70 bits per heavy atom. The van der Waals surface area contributed by atoms with Crippen LogP contribution in [-0.4, -0.2) is 21.7 Å². The van der Waals surface area contributed by atoms with Crippen LogP contribution in [-0.2, 0) is 9.53 Å². The predicted octanol–water partition coefficient (Wildman–Crippen LogP) is 6.69. The molecule has 0 saturated heterocycles. The average Bonchev–Trinajstić information content (AvgIpc) is 3.46. The average molecular weight is 514 g/mol. The van der Waals surface area contributed by atoms with Gasteiger partial charge in [-0.3, -0.25) is 4.79 Å². The molecule has 0 radical (unpaired) electrons. The minimum absolute atomic E-state index is 0.340. The van der Waals surface area contributed by atoms with E-state index in [1.807, 2.05) is 45.0 Å². The van der Waals surface area contributed by atoms with Gasteiger partial charge in [-0.1, -0.05) is 42.5 Å². The number of carbonyl (C=O) groups is 2. The highest BCUT2D eigenvalue weighted by Crippen LogP contribution is 2.32. The number of thiophene rings is 1. The van der Waals surface area contributed by atoms with Crippen LogP contribution in [0.15, 0.2) is 78.9 Å². The van der Waals surface area contributed by atoms with Gasteiger partial charge in [-0.05, 0) is 68.3 Å². The van der Waals surface area contributed by atoms with E-state index in [9.17, 15) is 14.0 Å². The Kier molecular flexibility index (Phi) is 6.58. The van der Waals surface area contributed by atoms with Gasteiger partial charge >= 0.3 is 5.97 Å². The third kappa shape index (κ3) is 5.01. The molecule has 5 rings (SSSR count). The fourth-order valence-corrected chi connectivity index (χ4v) is 5.11. The van der Waals surface area contributed by atoms with E-state index in [1.54, 1.807) is 47.1 Å². The van der Waals surface area contributed by atoms with Crippen LogP contribution in [0.5, 0.6) is 0 Å². The van der Waals surface area contributed by atoms with Gasteiger partial charge in [0.15, 0.2) is 0 Å². The summed E-state index contributed by atoms with van der Waals surface area (Å²) < 4.78 is 20.9. The molecule has 1 amide bonds. The van der Waals surface area contributed by atoms with Crippen molar-refractivity contribution in [3.05, 3.63) is 112 Å². The van der Waals surface area contributed by atoms with E-state index in [4.69, 9.17) is 4.74 Å². The first kappa shape index (κ1) is 24.4. The van der Waals surface area contributed by atoms with Crippen LogP contribution in [0, 0.1) is 26.6 Å². The summed E-state index contributed by atoms with van der Waals surface area (Å²) in [5.41, 5.74) is 4.54. The number of fused-ring (bicyclic) bond motifs is 1. The Bertz CT molecular complexity index is 1610. The Morgan fingerprint density at radius 3 is 2.43 bits per heavy atom. The first-order valence-electron chi connectivity index (χ1n) is 11.7. The van der Waals surface area contributed by atoms with Crippen LogP contribution in [0.4, 0.5) is 10.1 Å². The molecular formula is C29H24FN3O3S. The van der Waals surface area contributed by atoms with E-state index in [2.05, 4.69) is 10.4 Å². The zero-order chi connectivity index (χ0) is 26.1. The summed E-state index contributed by atoms with van der Waals surface area (Å²) in [6.45, 7) is 5.69. The summed E-state index contributed by atoms with van der Waals surface area (Å²) in [4.78, 5) is 27.7. The minimum Gasteiger partial charge on any atom is -0.443 e. The maximum atomic E-state index is 13.4. The Hall–Kier alpha value is -4.30. The van der Waals surface area contributed by atoms with Crippen molar-refractivity contribution in [3.8, 4) is 5.69 Å². The minimum atomic E-state index is -1.14. The van der Waals surface area contributed by atoms with Crippen molar-refractivity contribution in [2.24, 2.45) is 0 Å². The lowest BCUT2D eigenvalue weighted by molar-refractivity contribution is -0.125. The number of amides is 1. The Balaban J connectivity index is 1.45. The molecule has 0 spiro atoms. The molecule has 2 heterocycles. The molecule has 1 unspecified atom stereocenters. The molecule has 1 N–H and O–H groups in total. The van der Waals surface area contributed by atoms with Crippen molar-refractivity contribution >= 4 is 39.1 Å². The van der Waals surface area contributed by atoms with Crippen molar-refractivity contribution in [2.75, 3.05) is 5.32 Å². The van der Waals surface area contributed by atoms with Gasteiger partial charge < -0.3 is 10.1 Å². The summed E-state index contributed by atoms with van der Waals surface area (Å²) in [6, 6.07) is 22.4. The molecular weight excluding hydrogens is 489 g/mol. The number of rotatable bonds is 6. The van der Waals surface area contributed by atoms with E-state index >= 15 is 0 Å². The fourth-order valence-electron chi connectivity index (χ4n) is 4.04. The SMILES string of the molecule is Cc1ccc(C)c(NC(=O)C(OC(=O)c2cc3c(C)nn(-c4ccc(F)cc4)c3s2)c2ccccc2)c1. The monoisotopic (exact) mass is 513 g/mol. The van der Waals surface area contributed by atoms with Crippen molar-refractivity contribution < 1.29 is 18.7 Å². The highest BCUT2D eigenvalue weighted by molar-refractivity contribution is 7.20. The van der Waals surface area contributed by atoms with Crippen LogP contribution >= 0.6 is 11.3 Å². The second-order valence-corrected chi connectivity index (χ2v) is 9.84. The van der Waals surface area contributed by atoms with Gasteiger partial charge in [0.2, 0.25) is 6.10 Å². The summed E-state index contributed by atoms with van der Waals surface area (Å²) in [5, 5.41) is 8.24. The Labute approximate surface area is 217 Å². The highest BCUT2D eigenvalue weighted by Gasteiger charge is 2.28. The van der Waals surface area contributed by atoms with Gasteiger partial charge in [0, 0.05) is 16.6 Å². The summed E-state index contributed by atoms with van der Waals surface area (Å²) >= 11 is 1.21. The standard InChI is InChI=1S/C29H24FN3O3S/c1-17-9-10-18(2)24(15-17)31-27(34)26(20-7-5-4-6-8-20)36-29(35)25-16-23-19(3)32-33(28(23)37-25)22-13-11-21(30)12-14-22/h4-16,26H,1-3H3,(H,31,34). The number of halogens is 1. The molecule has 37 heavy (non-hydrogen) atoms. The summed E-state index contributed by atoms with van der Waals surface area (Å²) in [5.74, 6) is -1.40. The lowest BCUT2D eigenvalue weighted by Gasteiger charge is -2.18. The zero-order valence-corrected chi connectivity index (χ0v) is 21.3. The van der Waals surface area contributed by atoms with Gasteiger partial charge in [0.25, 0.3) is 5.91 Å². The first-order chi connectivity index (χ1) is 17.8. The molecule has 0 fully saturated rings. The fraction of sp³-hybridized carbons (Fsp3) is 0.138. The number of hydrogen-bond acceptors (Lipinski definition) is 5. The molecule has 3 aromatic carbocycles. The van der Waals surface area contributed by atoms with Crippen molar-refractivity contribution in [1.29, 1.82) is 0 Å². The van der Waals surface area contributed by atoms with E-state index in [1.165, 1.54) is 23.5 Å². The highest BCUT2D eigenvalue weighted by atomic mass is 32.1. The van der Waals surface area contributed by atoms with Gasteiger partial charge in [0.05, 0.1) is 11.4 Å². The summed E-state index contributed by atoms with van der Waals surface area (Å²) in [7, 11) is 0. The Morgan fingerprint density at radius 1 is 0.973 bits per heavy atom. The number of ether oxygens (including phenoxy) is 1. The lowest BCUT2D eigenvalue weighted by Crippen LogP contribution is -2.26. The summed E-state index contributed by atoms with van der Waals surface area (Å²) in [6.07, 6.45) is -1.14. The smallest absolute Gasteiger partial charge is 0.349 e. The number of aryl methyl sites for hydroxylation is 3. The van der Waals surface area contributed by atoms with E-state index in [-0.39, 0.29) is 5.82 Å². The molecule has 6 nitrogen and oxygen atoms in total. The van der Waals surface area contributed by atoms with Gasteiger partial charge in [-0.25, -0.2) is 13.9 Å². The number of anilines is 1. The maximum Gasteiger partial charge on any atom is 0.349 e. The molecule has 8 heteroatoms. The quantitative estimate of drug-likeness (QED) is 0.257. The van der Waals surface area contributed by atoms with Crippen LogP contribution in [0.25, 0.3) is 15.9 Å². The van der Waals surface area contributed by atoms with Crippen LogP contribution in [0.3, 0.4) is 0 Å². The van der Waals surface area contributed by atoms with Crippen molar-refractivity contribution in [3.63, 3.8) is 0 Å². The molecule has 1 atom stereocenters. The van der Waals surface area contributed by atoms with Gasteiger partial charge in [-0.2, -0.15) is 5.10 Å². The molecule has 0 saturated carbocycles. The van der Waals surface area contributed by atoms with Crippen molar-refractivity contribution in [1.82, 2.24) is 9.78 Å². The van der Waals surface area contributed by atoms with E-state index in [0.29, 0.717) is 21.8 Å². The number of carbonyl (C=O) groups excluding carboxylic acids is 2. The van der Waals surface area contributed by atoms with Gasteiger partial charge in [-0.15, -0.1) is 11.3 Å². The third-order valence-corrected chi connectivity index (χ3v) is 7.12. The second-order valence-electron chi connectivity index (χ2n) is 8.81. The number of benzene rings is 3. The van der Waals surface area contributed by atoms with Gasteiger partial charge in [0.1, 0.15) is 15.5 Å². The molecule has 5 aromatic rings. The second kappa shape index (κ2) is 9.99. The molecule has 186 valence electrons. The van der Waals surface area contributed by atoms with E-state index in [0.717, 1.165) is 27.0 Å². The molecule has 0 aliphatic heterocycles. The molecule has 0 aliphatic rings. The van der Waals surface area contributed by atoms with Crippen molar-refractivity contribution in [2.45, 2.75) is 26.9 Å². The topological polar surface area (TPSA) is 73.2 Å². The lowest BCUT2D eigenvalue weighted by atomic mass is 10.1. The number of nitrogens with one attached hydrogen (secondary N) is 1. The van der Waals surface area contributed by atoms with Crippen LogP contribution in [0.2, 0.25) is 0 Å². The number of nitrogens with zero attached hydrogens (tertiary/aromatic N) is 2. The third-order valence-electron chi connectivity index (χ3n) is 6.03. The van der Waals surface area contributed by atoms with E-state index < -0.39 is 18.0 Å².